The molecule has 154 valence electrons. The molecule has 0 amide bonds. The fourth-order valence-electron chi connectivity index (χ4n) is 4.08. The van der Waals surface area contributed by atoms with Gasteiger partial charge in [-0.15, -0.1) is 0 Å². The molecule has 2 atom stereocenters. The first-order valence-corrected chi connectivity index (χ1v) is 10.4. The lowest BCUT2D eigenvalue weighted by molar-refractivity contribution is 0.00969. The van der Waals surface area contributed by atoms with Crippen LogP contribution in [0.1, 0.15) is 20.3 Å². The van der Waals surface area contributed by atoms with Crippen molar-refractivity contribution in [2.45, 2.75) is 32.4 Å². The average Bonchev–Trinajstić information content (AvgIpc) is 3.23. The quantitative estimate of drug-likeness (QED) is 0.550. The van der Waals surface area contributed by atoms with Crippen molar-refractivity contribution in [3.05, 3.63) is 36.5 Å². The van der Waals surface area contributed by atoms with Gasteiger partial charge in [-0.05, 0) is 36.8 Å². The molecular formula is C22H24N6O2. The normalized spacial score (nSPS) is 19.9. The molecule has 0 radical (unpaired) electrons. The Labute approximate surface area is 174 Å². The number of rotatable bonds is 3. The third-order valence-electron chi connectivity index (χ3n) is 5.51. The van der Waals surface area contributed by atoms with Crippen LogP contribution in [0.25, 0.3) is 33.5 Å². The maximum atomic E-state index is 5.59. The van der Waals surface area contributed by atoms with E-state index in [9.17, 15) is 0 Å². The molecule has 8 heteroatoms. The largest absolute Gasteiger partial charge is 0.424 e. The second kappa shape index (κ2) is 7.53. The molecule has 0 spiro atoms. The number of nitrogens with zero attached hydrogens (tertiary/aromatic N) is 5. The van der Waals surface area contributed by atoms with Crippen LogP contribution < -0.4 is 10.2 Å². The number of nitrogens with one attached hydrogen (secondary N) is 1. The summed E-state index contributed by atoms with van der Waals surface area (Å²) >= 11 is 0. The molecule has 2 aliphatic heterocycles. The summed E-state index contributed by atoms with van der Waals surface area (Å²) in [6.07, 6.45) is 3.01. The Kier molecular flexibility index (Phi) is 4.71. The molecule has 30 heavy (non-hydrogen) atoms. The van der Waals surface area contributed by atoms with Crippen molar-refractivity contribution in [2.75, 3.05) is 30.5 Å². The summed E-state index contributed by atoms with van der Waals surface area (Å²) in [7, 11) is 1.78. The van der Waals surface area contributed by atoms with Crippen LogP contribution in [-0.4, -0.2) is 52.3 Å². The van der Waals surface area contributed by atoms with Crippen LogP contribution in [0.2, 0.25) is 0 Å². The Bertz CT molecular complexity index is 1190. The first kappa shape index (κ1) is 18.7. The fourth-order valence-corrected chi connectivity index (χ4v) is 4.08. The van der Waals surface area contributed by atoms with E-state index in [-0.39, 0.29) is 0 Å². The molecule has 2 aliphatic rings. The Hall–Kier alpha value is -3.26. The van der Waals surface area contributed by atoms with Gasteiger partial charge in [-0.1, -0.05) is 13.8 Å². The highest BCUT2D eigenvalue weighted by atomic mass is 16.5. The minimum atomic E-state index is 0.407. The standard InChI is InChI=1S/C20H18N6O2.C2H6/c1-21-20-24-16-6-11(2-5-17(16)28-20)14-3-4-15-19(23-14)25-18(8-22-15)26-12-7-13(26)10-27-9-12;1-2/h2-6,8,12-13H,7,9-10H2,1H3,(H,21,24);1-2H3. The summed E-state index contributed by atoms with van der Waals surface area (Å²) in [6.45, 7) is 5.52. The molecular weight excluding hydrogens is 380 g/mol. The van der Waals surface area contributed by atoms with E-state index in [2.05, 4.69) is 20.2 Å². The van der Waals surface area contributed by atoms with E-state index >= 15 is 0 Å². The number of aromatic nitrogens is 4. The van der Waals surface area contributed by atoms with E-state index in [1.165, 1.54) is 6.42 Å². The third-order valence-corrected chi connectivity index (χ3v) is 5.51. The lowest BCUT2D eigenvalue weighted by Crippen LogP contribution is -2.64. The number of pyridine rings is 1. The number of oxazole rings is 1. The van der Waals surface area contributed by atoms with Gasteiger partial charge in [-0.3, -0.25) is 0 Å². The van der Waals surface area contributed by atoms with E-state index in [4.69, 9.17) is 19.1 Å². The van der Waals surface area contributed by atoms with Crippen LogP contribution in [0.3, 0.4) is 0 Å². The molecule has 2 bridgehead atoms. The highest BCUT2D eigenvalue weighted by molar-refractivity contribution is 5.82. The van der Waals surface area contributed by atoms with Gasteiger partial charge in [-0.25, -0.2) is 15.0 Å². The van der Waals surface area contributed by atoms with E-state index in [0.29, 0.717) is 23.7 Å². The lowest BCUT2D eigenvalue weighted by atomic mass is 9.91. The maximum absolute atomic E-state index is 5.59. The van der Waals surface area contributed by atoms with Crippen LogP contribution in [0.15, 0.2) is 40.9 Å². The molecule has 6 rings (SSSR count). The molecule has 1 aromatic carbocycles. The van der Waals surface area contributed by atoms with E-state index < -0.39 is 0 Å². The first-order chi connectivity index (χ1) is 14.8. The van der Waals surface area contributed by atoms with Crippen molar-refractivity contribution in [1.29, 1.82) is 0 Å². The average molecular weight is 404 g/mol. The Morgan fingerprint density at radius 2 is 1.83 bits per heavy atom. The predicted octanol–water partition coefficient (Wildman–Crippen LogP) is 3.88. The molecule has 0 saturated carbocycles. The van der Waals surface area contributed by atoms with Gasteiger partial charge in [-0.2, -0.15) is 4.98 Å². The Balaban J connectivity index is 0.000000937. The number of ether oxygens (including phenoxy) is 1. The lowest BCUT2D eigenvalue weighted by Gasteiger charge is -2.52. The molecule has 8 nitrogen and oxygen atoms in total. The third kappa shape index (κ3) is 3.04. The van der Waals surface area contributed by atoms with Crippen molar-refractivity contribution in [3.8, 4) is 11.3 Å². The second-order valence-electron chi connectivity index (χ2n) is 7.21. The molecule has 2 saturated heterocycles. The van der Waals surface area contributed by atoms with Crippen molar-refractivity contribution in [3.63, 3.8) is 0 Å². The van der Waals surface area contributed by atoms with Gasteiger partial charge in [0, 0.05) is 12.6 Å². The minimum Gasteiger partial charge on any atom is -0.424 e. The smallest absolute Gasteiger partial charge is 0.295 e. The van der Waals surface area contributed by atoms with Crippen LogP contribution in [0.4, 0.5) is 11.8 Å². The minimum absolute atomic E-state index is 0.407. The van der Waals surface area contributed by atoms with Crippen molar-refractivity contribution in [2.24, 2.45) is 0 Å². The van der Waals surface area contributed by atoms with Crippen LogP contribution in [0.5, 0.6) is 0 Å². The topological polar surface area (TPSA) is 89.2 Å². The molecule has 0 aliphatic carbocycles. The van der Waals surface area contributed by atoms with E-state index in [1.807, 2.05) is 50.4 Å². The SMILES string of the molecule is CC.CNc1nc2cc(-c3ccc4ncc(N5C6COCC5C6)nc4n3)ccc2o1. The van der Waals surface area contributed by atoms with Gasteiger partial charge in [0.2, 0.25) is 0 Å². The van der Waals surface area contributed by atoms with Gasteiger partial charge >= 0.3 is 0 Å². The number of benzene rings is 1. The number of hydrogen-bond acceptors (Lipinski definition) is 8. The van der Waals surface area contributed by atoms with Crippen LogP contribution in [0, 0.1) is 0 Å². The molecule has 2 unspecified atom stereocenters. The Morgan fingerprint density at radius 3 is 2.60 bits per heavy atom. The zero-order chi connectivity index (χ0) is 20.7. The zero-order valence-electron chi connectivity index (χ0n) is 17.3. The van der Waals surface area contributed by atoms with Crippen molar-refractivity contribution < 1.29 is 9.15 Å². The molecule has 3 aromatic heterocycles. The van der Waals surface area contributed by atoms with Gasteiger partial charge in [0.05, 0.1) is 37.2 Å². The number of morpholine rings is 1. The van der Waals surface area contributed by atoms with Crippen LogP contribution >= 0.6 is 0 Å². The fraction of sp³-hybridized carbons (Fsp3) is 0.364. The highest BCUT2D eigenvalue weighted by Gasteiger charge is 2.43. The second-order valence-corrected chi connectivity index (χ2v) is 7.21. The van der Waals surface area contributed by atoms with E-state index in [1.54, 1.807) is 7.05 Å². The summed E-state index contributed by atoms with van der Waals surface area (Å²) in [5.41, 5.74) is 4.76. The van der Waals surface area contributed by atoms with Gasteiger partial charge in [0.15, 0.2) is 11.2 Å². The summed E-state index contributed by atoms with van der Waals surface area (Å²) in [5, 5.41) is 2.92. The summed E-state index contributed by atoms with van der Waals surface area (Å²) in [4.78, 5) is 20.9. The molecule has 5 heterocycles. The first-order valence-electron chi connectivity index (χ1n) is 10.4. The molecule has 4 aromatic rings. The van der Waals surface area contributed by atoms with Crippen LogP contribution in [-0.2, 0) is 4.74 Å². The van der Waals surface area contributed by atoms with Gasteiger partial charge < -0.3 is 19.4 Å². The monoisotopic (exact) mass is 404 g/mol. The Morgan fingerprint density at radius 1 is 1.00 bits per heavy atom. The number of anilines is 2. The zero-order valence-corrected chi connectivity index (χ0v) is 17.3. The summed E-state index contributed by atoms with van der Waals surface area (Å²) in [6, 6.07) is 11.1. The summed E-state index contributed by atoms with van der Waals surface area (Å²) < 4.78 is 11.2. The summed E-state index contributed by atoms with van der Waals surface area (Å²) in [5.74, 6) is 0.882. The number of fused-ring (bicyclic) bond motifs is 4. The van der Waals surface area contributed by atoms with Crippen molar-refractivity contribution >= 4 is 34.1 Å². The van der Waals surface area contributed by atoms with Gasteiger partial charge in [0.25, 0.3) is 6.01 Å². The number of hydrogen-bond donors (Lipinski definition) is 1. The van der Waals surface area contributed by atoms with Gasteiger partial charge in [0.1, 0.15) is 16.9 Å². The van der Waals surface area contributed by atoms with E-state index in [0.717, 1.165) is 46.9 Å². The van der Waals surface area contributed by atoms with Crippen molar-refractivity contribution in [1.82, 2.24) is 19.9 Å². The predicted molar refractivity (Wildman–Crippen MR) is 117 cm³/mol. The molecule has 2 fully saturated rings. The molecule has 1 N–H and O–H groups in total. The highest BCUT2D eigenvalue weighted by Crippen LogP contribution is 2.35. The maximum Gasteiger partial charge on any atom is 0.295 e.